The van der Waals surface area contributed by atoms with E-state index in [9.17, 15) is 4.79 Å². The van der Waals surface area contributed by atoms with Gasteiger partial charge in [0.05, 0.1) is 0 Å². The lowest BCUT2D eigenvalue weighted by Crippen LogP contribution is -2.24. The maximum absolute atomic E-state index is 10.9. The zero-order valence-electron chi connectivity index (χ0n) is 7.92. The molecule has 1 amide bonds. The first-order chi connectivity index (χ1) is 6.04. The molecule has 0 heterocycles. The fraction of sp³-hybridized carbons (Fsp3) is 0.667. The molecule has 0 aliphatic carbocycles. The van der Waals surface area contributed by atoms with Gasteiger partial charge in [0, 0.05) is 12.1 Å². The molecule has 13 heavy (non-hydrogen) atoms. The summed E-state index contributed by atoms with van der Waals surface area (Å²) in [5, 5.41) is 19.7. The first kappa shape index (κ1) is 12.1. The van der Waals surface area contributed by atoms with Gasteiger partial charge in [-0.3, -0.25) is 4.79 Å². The predicted octanol–water partition coefficient (Wildman–Crippen LogP) is 0.160. The van der Waals surface area contributed by atoms with Crippen molar-refractivity contribution in [3.8, 4) is 0 Å². The Labute approximate surface area is 78.3 Å². The van der Waals surface area contributed by atoms with E-state index in [1.165, 1.54) is 0 Å². The van der Waals surface area contributed by atoms with Gasteiger partial charge in [-0.1, -0.05) is 6.58 Å². The quantitative estimate of drug-likeness (QED) is 0.315. The van der Waals surface area contributed by atoms with Crippen molar-refractivity contribution in [2.24, 2.45) is 0 Å². The minimum absolute atomic E-state index is 0.149. The molecule has 0 aliphatic heterocycles. The molecule has 0 saturated heterocycles. The zero-order valence-corrected chi connectivity index (χ0v) is 7.92. The molecule has 3 N–H and O–H groups in total. The van der Waals surface area contributed by atoms with E-state index in [4.69, 9.17) is 10.2 Å². The van der Waals surface area contributed by atoms with Crippen molar-refractivity contribution in [3.63, 3.8) is 0 Å². The van der Waals surface area contributed by atoms with Crippen LogP contribution in [-0.4, -0.2) is 29.0 Å². The van der Waals surface area contributed by atoms with Crippen LogP contribution in [-0.2, 0) is 4.79 Å². The van der Waals surface area contributed by atoms with Gasteiger partial charge in [-0.05, 0) is 26.2 Å². The second-order valence-corrected chi connectivity index (χ2v) is 3.01. The molecule has 4 nitrogen and oxygen atoms in total. The summed E-state index contributed by atoms with van der Waals surface area (Å²) >= 11 is 0. The molecule has 0 aromatic heterocycles. The van der Waals surface area contributed by atoms with Gasteiger partial charge < -0.3 is 15.5 Å². The van der Waals surface area contributed by atoms with E-state index in [1.54, 1.807) is 6.92 Å². The second kappa shape index (κ2) is 6.62. The van der Waals surface area contributed by atoms with Crippen LogP contribution in [0.1, 0.15) is 26.2 Å². The van der Waals surface area contributed by atoms with Crippen LogP contribution in [0.25, 0.3) is 0 Å². The van der Waals surface area contributed by atoms with E-state index in [0.29, 0.717) is 25.0 Å². The minimum atomic E-state index is -1.24. The Hall–Kier alpha value is -0.870. The van der Waals surface area contributed by atoms with Gasteiger partial charge in [-0.25, -0.2) is 0 Å². The molecule has 0 fully saturated rings. The summed E-state index contributed by atoms with van der Waals surface area (Å²) in [5.74, 6) is -0.149. The Balaban J connectivity index is 3.26. The van der Waals surface area contributed by atoms with Gasteiger partial charge in [0.2, 0.25) is 5.91 Å². The highest BCUT2D eigenvalue weighted by molar-refractivity contribution is 5.91. The van der Waals surface area contributed by atoms with Crippen LogP contribution in [0.4, 0.5) is 0 Å². The summed E-state index contributed by atoms with van der Waals surface area (Å²) in [6.45, 7) is 5.69. The molecule has 0 aromatic rings. The molecule has 76 valence electrons. The highest BCUT2D eigenvalue weighted by atomic mass is 16.5. The number of nitrogens with one attached hydrogen (secondary N) is 1. The van der Waals surface area contributed by atoms with Gasteiger partial charge in [-0.2, -0.15) is 0 Å². The molecule has 0 saturated carbocycles. The molecular weight excluding hydrogens is 170 g/mol. The molecule has 0 aliphatic rings. The second-order valence-electron chi connectivity index (χ2n) is 3.01. The number of unbranched alkanes of at least 4 members (excludes halogenated alkanes) is 1. The molecule has 4 heteroatoms. The first-order valence-electron chi connectivity index (χ1n) is 4.34. The van der Waals surface area contributed by atoms with Gasteiger partial charge in [0.15, 0.2) is 6.29 Å². The van der Waals surface area contributed by atoms with E-state index < -0.39 is 6.29 Å². The fourth-order valence-corrected chi connectivity index (χ4v) is 0.805. The molecule has 0 unspecified atom stereocenters. The minimum Gasteiger partial charge on any atom is -0.368 e. The summed E-state index contributed by atoms with van der Waals surface area (Å²) in [6, 6.07) is 0. The van der Waals surface area contributed by atoms with Crippen molar-refractivity contribution in [1.82, 2.24) is 5.32 Å². The first-order valence-corrected chi connectivity index (χ1v) is 4.34. The summed E-state index contributed by atoms with van der Waals surface area (Å²) in [6.07, 6.45) is 0.546. The van der Waals surface area contributed by atoms with Crippen LogP contribution < -0.4 is 5.32 Å². The van der Waals surface area contributed by atoms with Crippen LogP contribution in [0.3, 0.4) is 0 Å². The van der Waals surface area contributed by atoms with E-state index in [-0.39, 0.29) is 5.91 Å². The Bertz CT molecular complexity index is 178. The number of carbonyl (C=O) groups excluding carboxylic acids is 1. The zero-order chi connectivity index (χ0) is 10.3. The smallest absolute Gasteiger partial charge is 0.246 e. The lowest BCUT2D eigenvalue weighted by Gasteiger charge is -2.05. The van der Waals surface area contributed by atoms with Gasteiger partial charge >= 0.3 is 0 Å². The van der Waals surface area contributed by atoms with Crippen molar-refractivity contribution in [1.29, 1.82) is 0 Å². The molecule has 0 aromatic carbocycles. The Kier molecular flexibility index (Phi) is 6.18. The normalized spacial score (nSPS) is 10.2. The van der Waals surface area contributed by atoms with Crippen LogP contribution in [0, 0.1) is 0 Å². The van der Waals surface area contributed by atoms with Crippen LogP contribution in [0.2, 0.25) is 0 Å². The molecule has 0 radical (unpaired) electrons. The number of carbonyl (C=O) groups is 1. The Morgan fingerprint density at radius 1 is 1.46 bits per heavy atom. The molecule has 0 bridgehead atoms. The molecule has 0 atom stereocenters. The summed E-state index contributed by atoms with van der Waals surface area (Å²) in [7, 11) is 0. The maximum Gasteiger partial charge on any atom is 0.246 e. The van der Waals surface area contributed by atoms with Crippen LogP contribution in [0.5, 0.6) is 0 Å². The Morgan fingerprint density at radius 3 is 2.54 bits per heavy atom. The Morgan fingerprint density at radius 2 is 2.08 bits per heavy atom. The number of rotatable bonds is 6. The number of aliphatic hydroxyl groups excluding tert-OH is 1. The lowest BCUT2D eigenvalue weighted by atomic mass is 10.2. The van der Waals surface area contributed by atoms with E-state index in [1.807, 2.05) is 0 Å². The van der Waals surface area contributed by atoms with Gasteiger partial charge in [0.1, 0.15) is 0 Å². The largest absolute Gasteiger partial charge is 0.368 e. The predicted molar refractivity (Wildman–Crippen MR) is 49.9 cm³/mol. The fourth-order valence-electron chi connectivity index (χ4n) is 0.805. The third-order valence-corrected chi connectivity index (χ3v) is 1.56. The third kappa shape index (κ3) is 7.49. The van der Waals surface area contributed by atoms with Crippen LogP contribution >= 0.6 is 0 Å². The molecular formula is C9H17NO3. The highest BCUT2D eigenvalue weighted by Crippen LogP contribution is 1.97. The number of aliphatic hydroxyl groups is 2. The van der Waals surface area contributed by atoms with Gasteiger partial charge in [-0.15, -0.1) is 0 Å². The SMILES string of the molecule is C=C(C)C(=O)NCCCCC(O)O. The van der Waals surface area contributed by atoms with Crippen molar-refractivity contribution in [2.75, 3.05) is 6.54 Å². The number of hydrogen-bond acceptors (Lipinski definition) is 3. The van der Waals surface area contributed by atoms with E-state index in [0.717, 1.165) is 6.42 Å². The standard InChI is InChI=1S/C9H17NO3/c1-7(2)9(13)10-6-4-3-5-8(11)12/h8,11-12H,1,3-6H2,2H3,(H,10,13). The monoisotopic (exact) mass is 187 g/mol. The van der Waals surface area contributed by atoms with Crippen molar-refractivity contribution in [3.05, 3.63) is 12.2 Å². The summed E-state index contributed by atoms with van der Waals surface area (Å²) in [5.41, 5.74) is 0.488. The summed E-state index contributed by atoms with van der Waals surface area (Å²) < 4.78 is 0. The van der Waals surface area contributed by atoms with Crippen molar-refractivity contribution < 1.29 is 15.0 Å². The van der Waals surface area contributed by atoms with Crippen molar-refractivity contribution in [2.45, 2.75) is 32.5 Å². The number of amides is 1. The lowest BCUT2D eigenvalue weighted by molar-refractivity contribution is -0.117. The highest BCUT2D eigenvalue weighted by Gasteiger charge is 2.00. The number of hydrogen-bond donors (Lipinski definition) is 3. The van der Waals surface area contributed by atoms with E-state index >= 15 is 0 Å². The third-order valence-electron chi connectivity index (χ3n) is 1.56. The maximum atomic E-state index is 10.9. The average molecular weight is 187 g/mol. The topological polar surface area (TPSA) is 69.6 Å². The molecule has 0 spiro atoms. The van der Waals surface area contributed by atoms with E-state index in [2.05, 4.69) is 11.9 Å². The van der Waals surface area contributed by atoms with Gasteiger partial charge in [0.25, 0.3) is 0 Å². The molecule has 0 rings (SSSR count). The van der Waals surface area contributed by atoms with Crippen molar-refractivity contribution >= 4 is 5.91 Å². The summed E-state index contributed by atoms with van der Waals surface area (Å²) in [4.78, 5) is 10.9. The van der Waals surface area contributed by atoms with Crippen LogP contribution in [0.15, 0.2) is 12.2 Å². The average Bonchev–Trinajstić information content (AvgIpc) is 2.02.